The minimum atomic E-state index is -0.370. The average Bonchev–Trinajstić information content (AvgIpc) is 2.85. The number of aromatic nitrogens is 1. The SMILES string of the molecule is CC(C)NC(=O)CN1CCCN(c2ccc([N+](=O)[O-])c3cnccc23)CC1. The molecule has 1 aliphatic rings. The van der Waals surface area contributed by atoms with Gasteiger partial charge in [-0.25, -0.2) is 0 Å². The maximum Gasteiger partial charge on any atom is 0.278 e. The van der Waals surface area contributed by atoms with E-state index in [1.807, 2.05) is 26.0 Å². The van der Waals surface area contributed by atoms with Gasteiger partial charge in [0.2, 0.25) is 5.91 Å². The second kappa shape index (κ2) is 8.30. The number of non-ortho nitro benzene ring substituents is 1. The minimum Gasteiger partial charge on any atom is -0.370 e. The molecule has 0 saturated carbocycles. The summed E-state index contributed by atoms with van der Waals surface area (Å²) in [7, 11) is 0. The molecule has 1 aliphatic heterocycles. The molecule has 1 saturated heterocycles. The lowest BCUT2D eigenvalue weighted by molar-refractivity contribution is -0.383. The smallest absolute Gasteiger partial charge is 0.278 e. The number of nitrogens with one attached hydrogen (secondary N) is 1. The van der Waals surface area contributed by atoms with Gasteiger partial charge < -0.3 is 10.2 Å². The minimum absolute atomic E-state index is 0.0466. The van der Waals surface area contributed by atoms with E-state index in [9.17, 15) is 14.9 Å². The largest absolute Gasteiger partial charge is 0.370 e. The molecule has 8 heteroatoms. The summed E-state index contributed by atoms with van der Waals surface area (Å²) in [5.74, 6) is 0.0466. The third kappa shape index (κ3) is 4.51. The van der Waals surface area contributed by atoms with E-state index in [1.54, 1.807) is 18.5 Å². The fourth-order valence-corrected chi connectivity index (χ4v) is 3.53. The van der Waals surface area contributed by atoms with Crippen LogP contribution in [0.25, 0.3) is 10.8 Å². The first-order valence-electron chi connectivity index (χ1n) is 9.23. The molecule has 27 heavy (non-hydrogen) atoms. The lowest BCUT2D eigenvalue weighted by Gasteiger charge is -2.25. The highest BCUT2D eigenvalue weighted by Crippen LogP contribution is 2.33. The molecule has 1 amide bonds. The number of amides is 1. The van der Waals surface area contributed by atoms with Crippen molar-refractivity contribution in [2.24, 2.45) is 0 Å². The molecule has 0 radical (unpaired) electrons. The molecule has 0 unspecified atom stereocenters. The fourth-order valence-electron chi connectivity index (χ4n) is 3.53. The zero-order valence-electron chi connectivity index (χ0n) is 15.7. The van der Waals surface area contributed by atoms with E-state index in [0.29, 0.717) is 11.9 Å². The Balaban J connectivity index is 1.77. The number of nitro benzene ring substituents is 1. The Kier molecular flexibility index (Phi) is 5.85. The van der Waals surface area contributed by atoms with Crippen LogP contribution in [-0.4, -0.2) is 59.5 Å². The normalized spacial score (nSPS) is 15.7. The van der Waals surface area contributed by atoms with Gasteiger partial charge in [-0.15, -0.1) is 0 Å². The van der Waals surface area contributed by atoms with Crippen molar-refractivity contribution >= 4 is 28.1 Å². The number of nitro groups is 1. The molecular weight excluding hydrogens is 346 g/mol. The van der Waals surface area contributed by atoms with Crippen LogP contribution in [0.5, 0.6) is 0 Å². The molecule has 3 rings (SSSR count). The number of hydrogen-bond donors (Lipinski definition) is 1. The quantitative estimate of drug-likeness (QED) is 0.640. The lowest BCUT2D eigenvalue weighted by Crippen LogP contribution is -2.41. The standard InChI is InChI=1S/C19H25N5O3/c1-14(2)21-19(25)13-22-8-3-9-23(11-10-22)17-4-5-18(24(26)27)16-12-20-7-6-15(16)17/h4-7,12,14H,3,8-11,13H2,1-2H3,(H,21,25). The third-order valence-corrected chi connectivity index (χ3v) is 4.71. The molecule has 144 valence electrons. The molecule has 0 bridgehead atoms. The summed E-state index contributed by atoms with van der Waals surface area (Å²) in [5, 5.41) is 15.6. The Bertz CT molecular complexity index is 839. The summed E-state index contributed by atoms with van der Waals surface area (Å²) in [6.45, 7) is 7.55. The van der Waals surface area contributed by atoms with Gasteiger partial charge in [0.25, 0.3) is 5.69 Å². The lowest BCUT2D eigenvalue weighted by atomic mass is 10.1. The molecule has 0 atom stereocenters. The number of nitrogens with zero attached hydrogens (tertiary/aromatic N) is 4. The zero-order chi connectivity index (χ0) is 19.4. The van der Waals surface area contributed by atoms with E-state index < -0.39 is 0 Å². The van der Waals surface area contributed by atoms with Gasteiger partial charge in [0, 0.05) is 61.8 Å². The number of carbonyl (C=O) groups is 1. The number of benzene rings is 1. The van der Waals surface area contributed by atoms with E-state index in [-0.39, 0.29) is 22.6 Å². The summed E-state index contributed by atoms with van der Waals surface area (Å²) in [4.78, 5) is 31.4. The number of carbonyl (C=O) groups excluding carboxylic acids is 1. The van der Waals surface area contributed by atoms with E-state index in [0.717, 1.165) is 43.7 Å². The highest BCUT2D eigenvalue weighted by Gasteiger charge is 2.21. The van der Waals surface area contributed by atoms with E-state index in [1.165, 1.54) is 0 Å². The van der Waals surface area contributed by atoms with Crippen LogP contribution in [0.2, 0.25) is 0 Å². The van der Waals surface area contributed by atoms with Crippen LogP contribution in [0.1, 0.15) is 20.3 Å². The topological polar surface area (TPSA) is 91.6 Å². The van der Waals surface area contributed by atoms with E-state index in [2.05, 4.69) is 20.1 Å². The molecule has 1 aromatic heterocycles. The molecule has 1 fully saturated rings. The number of rotatable bonds is 5. The fraction of sp³-hybridized carbons (Fsp3) is 0.474. The van der Waals surface area contributed by atoms with Crippen LogP contribution < -0.4 is 10.2 Å². The first-order chi connectivity index (χ1) is 13.0. The molecule has 8 nitrogen and oxygen atoms in total. The monoisotopic (exact) mass is 371 g/mol. The van der Waals surface area contributed by atoms with Gasteiger partial charge in [0.05, 0.1) is 16.9 Å². The first kappa shape index (κ1) is 19.0. The number of hydrogen-bond acceptors (Lipinski definition) is 6. The highest BCUT2D eigenvalue weighted by molar-refractivity contribution is 5.99. The van der Waals surface area contributed by atoms with Crippen molar-refractivity contribution in [3.05, 3.63) is 40.7 Å². The Morgan fingerprint density at radius 2 is 2.04 bits per heavy atom. The predicted molar refractivity (Wildman–Crippen MR) is 105 cm³/mol. The van der Waals surface area contributed by atoms with Crippen molar-refractivity contribution in [3.8, 4) is 0 Å². The van der Waals surface area contributed by atoms with Crippen molar-refractivity contribution in [2.75, 3.05) is 37.6 Å². The first-order valence-corrected chi connectivity index (χ1v) is 9.23. The Morgan fingerprint density at radius 1 is 1.22 bits per heavy atom. The van der Waals surface area contributed by atoms with Crippen molar-refractivity contribution in [1.29, 1.82) is 0 Å². The van der Waals surface area contributed by atoms with Gasteiger partial charge in [-0.2, -0.15) is 0 Å². The second-order valence-corrected chi connectivity index (χ2v) is 7.12. The van der Waals surface area contributed by atoms with Crippen molar-refractivity contribution in [1.82, 2.24) is 15.2 Å². The summed E-state index contributed by atoms with van der Waals surface area (Å²) in [6.07, 6.45) is 4.14. The number of anilines is 1. The molecule has 0 aliphatic carbocycles. The van der Waals surface area contributed by atoms with Crippen LogP contribution in [0.4, 0.5) is 11.4 Å². The van der Waals surface area contributed by atoms with Crippen LogP contribution in [0.15, 0.2) is 30.6 Å². The van der Waals surface area contributed by atoms with E-state index >= 15 is 0 Å². The second-order valence-electron chi connectivity index (χ2n) is 7.12. The van der Waals surface area contributed by atoms with Crippen LogP contribution >= 0.6 is 0 Å². The molecule has 0 spiro atoms. The summed E-state index contributed by atoms with van der Waals surface area (Å²) in [5.41, 5.74) is 1.05. The van der Waals surface area contributed by atoms with Crippen LogP contribution in [0.3, 0.4) is 0 Å². The highest BCUT2D eigenvalue weighted by atomic mass is 16.6. The number of pyridine rings is 1. The Morgan fingerprint density at radius 3 is 2.78 bits per heavy atom. The van der Waals surface area contributed by atoms with Crippen LogP contribution in [0, 0.1) is 10.1 Å². The van der Waals surface area contributed by atoms with Gasteiger partial charge in [-0.05, 0) is 32.4 Å². The van der Waals surface area contributed by atoms with Gasteiger partial charge in [-0.1, -0.05) is 0 Å². The average molecular weight is 371 g/mol. The predicted octanol–water partition coefficient (Wildman–Crippen LogP) is 2.18. The van der Waals surface area contributed by atoms with E-state index in [4.69, 9.17) is 0 Å². The maximum atomic E-state index is 12.0. The molecular formula is C19H25N5O3. The molecule has 2 aromatic rings. The van der Waals surface area contributed by atoms with Gasteiger partial charge >= 0.3 is 0 Å². The Labute approximate surface area is 158 Å². The van der Waals surface area contributed by atoms with Crippen molar-refractivity contribution in [2.45, 2.75) is 26.3 Å². The van der Waals surface area contributed by atoms with Crippen molar-refractivity contribution < 1.29 is 9.72 Å². The van der Waals surface area contributed by atoms with Gasteiger partial charge in [0.15, 0.2) is 0 Å². The number of fused-ring (bicyclic) bond motifs is 1. The van der Waals surface area contributed by atoms with Gasteiger partial charge in [-0.3, -0.25) is 24.8 Å². The zero-order valence-corrected chi connectivity index (χ0v) is 15.7. The van der Waals surface area contributed by atoms with Crippen molar-refractivity contribution in [3.63, 3.8) is 0 Å². The molecule has 1 N–H and O–H groups in total. The van der Waals surface area contributed by atoms with Crippen LogP contribution in [-0.2, 0) is 4.79 Å². The third-order valence-electron chi connectivity index (χ3n) is 4.71. The summed E-state index contributed by atoms with van der Waals surface area (Å²) in [6, 6.07) is 5.34. The Hall–Kier alpha value is -2.74. The van der Waals surface area contributed by atoms with Gasteiger partial charge in [0.1, 0.15) is 0 Å². The molecule has 1 aromatic carbocycles. The summed E-state index contributed by atoms with van der Waals surface area (Å²) < 4.78 is 0. The molecule has 2 heterocycles. The maximum absolute atomic E-state index is 12.0. The summed E-state index contributed by atoms with van der Waals surface area (Å²) >= 11 is 0.